The molecule has 56 heavy (non-hydrogen) atoms. The van der Waals surface area contributed by atoms with Crippen molar-refractivity contribution in [2.24, 2.45) is 0 Å². The molecule has 0 spiro atoms. The van der Waals surface area contributed by atoms with Crippen molar-refractivity contribution in [3.8, 4) is 0 Å². The van der Waals surface area contributed by atoms with Crippen LogP contribution in [0, 0.1) is 0 Å². The maximum absolute atomic E-state index is 5.93. The van der Waals surface area contributed by atoms with Crippen LogP contribution >= 0.6 is 0 Å². The molecule has 0 fully saturated rings. The van der Waals surface area contributed by atoms with Crippen LogP contribution in [0.3, 0.4) is 0 Å². The third-order valence-corrected chi connectivity index (χ3v) is 12.1. The molecule has 4 aromatic carbocycles. The van der Waals surface area contributed by atoms with E-state index in [1.54, 1.807) is 11.1 Å². The first-order valence-electron chi connectivity index (χ1n) is 23.4. The van der Waals surface area contributed by atoms with Crippen LogP contribution < -0.4 is 11.5 Å². The Hall–Kier alpha value is -3.52. The third-order valence-electron chi connectivity index (χ3n) is 12.1. The number of hydrogen-bond donors (Lipinski definition) is 2. The number of unbranched alkanes of at least 4 members (excludes halogenated alkanes) is 19. The van der Waals surface area contributed by atoms with Crippen molar-refractivity contribution in [2.45, 2.75) is 194 Å². The molecule has 0 aromatic heterocycles. The van der Waals surface area contributed by atoms with Crippen molar-refractivity contribution < 1.29 is 0 Å². The van der Waals surface area contributed by atoms with E-state index in [2.05, 4.69) is 74.5 Å². The number of anilines is 2. The molecular formula is C54H80N2. The zero-order valence-electron chi connectivity index (χ0n) is 36.0. The van der Waals surface area contributed by atoms with Crippen molar-refractivity contribution in [2.75, 3.05) is 11.5 Å². The molecule has 2 nitrogen and oxygen atoms in total. The summed E-state index contributed by atoms with van der Waals surface area (Å²) in [6.45, 7) is 4.60. The van der Waals surface area contributed by atoms with Crippen LogP contribution in [0.5, 0.6) is 0 Å². The number of nitrogen functional groups attached to an aromatic ring is 2. The summed E-state index contributed by atoms with van der Waals surface area (Å²) in [6, 6.07) is 31.6. The topological polar surface area (TPSA) is 52.0 Å². The summed E-state index contributed by atoms with van der Waals surface area (Å²) in [7, 11) is 0. The molecule has 0 amide bonds. The lowest BCUT2D eigenvalue weighted by Gasteiger charge is -2.13. The van der Waals surface area contributed by atoms with E-state index < -0.39 is 0 Å². The fraction of sp³-hybridized carbons (Fsp3) is 0.556. The second-order valence-corrected chi connectivity index (χ2v) is 17.1. The van der Waals surface area contributed by atoms with Gasteiger partial charge in [0.15, 0.2) is 0 Å². The van der Waals surface area contributed by atoms with Gasteiger partial charge < -0.3 is 11.5 Å². The average Bonchev–Trinajstić information content (AvgIpc) is 3.21. The molecule has 0 heterocycles. The molecule has 306 valence electrons. The van der Waals surface area contributed by atoms with Gasteiger partial charge in [-0.25, -0.2) is 0 Å². The Bertz CT molecular complexity index is 1460. The molecule has 2 heteroatoms. The molecule has 0 atom stereocenters. The Morgan fingerprint density at radius 2 is 0.571 bits per heavy atom. The fourth-order valence-corrected chi connectivity index (χ4v) is 8.45. The molecule has 0 unspecified atom stereocenters. The van der Waals surface area contributed by atoms with Crippen molar-refractivity contribution >= 4 is 11.4 Å². The van der Waals surface area contributed by atoms with E-state index in [0.717, 1.165) is 24.2 Å². The van der Waals surface area contributed by atoms with Crippen LogP contribution in [0.4, 0.5) is 11.4 Å². The van der Waals surface area contributed by atoms with Gasteiger partial charge in [-0.2, -0.15) is 0 Å². The van der Waals surface area contributed by atoms with Gasteiger partial charge in [-0.3, -0.25) is 0 Å². The minimum Gasteiger partial charge on any atom is -0.399 e. The first kappa shape index (κ1) is 45.2. The second-order valence-electron chi connectivity index (χ2n) is 17.1. The lowest BCUT2D eigenvalue weighted by atomic mass is 9.92. The molecule has 4 aromatic rings. The molecule has 0 saturated heterocycles. The van der Waals surface area contributed by atoms with Crippen LogP contribution in [0.2, 0.25) is 0 Å². The van der Waals surface area contributed by atoms with Gasteiger partial charge in [0, 0.05) is 11.4 Å². The van der Waals surface area contributed by atoms with E-state index >= 15 is 0 Å². The van der Waals surface area contributed by atoms with Gasteiger partial charge in [-0.15, -0.1) is 0 Å². The highest BCUT2D eigenvalue weighted by atomic mass is 14.5. The minimum absolute atomic E-state index is 0.846. The van der Waals surface area contributed by atoms with E-state index in [9.17, 15) is 0 Å². The zero-order chi connectivity index (χ0) is 39.5. The number of hydrogen-bond acceptors (Lipinski definition) is 2. The Morgan fingerprint density at radius 1 is 0.286 bits per heavy atom. The summed E-state index contributed by atoms with van der Waals surface area (Å²) in [5.74, 6) is 0. The Morgan fingerprint density at radius 3 is 0.911 bits per heavy atom. The van der Waals surface area contributed by atoms with Gasteiger partial charge in [-0.1, -0.05) is 190 Å². The van der Waals surface area contributed by atoms with Crippen molar-refractivity contribution in [1.29, 1.82) is 0 Å². The number of rotatable bonds is 31. The summed E-state index contributed by atoms with van der Waals surface area (Å²) in [6.07, 6.45) is 37.0. The quantitative estimate of drug-likeness (QED) is 0.0397. The molecule has 0 bridgehead atoms. The highest BCUT2D eigenvalue weighted by molar-refractivity contribution is 5.43. The third kappa shape index (κ3) is 18.6. The SMILES string of the molecule is CCCCCCc1cc(CCCCCCCCCCCCCCCCc2ccc(Cc3ccc(N)cc3)c(CCCCCC)c2)ccc1Cc1ccc(N)cc1. The predicted molar refractivity (Wildman–Crippen MR) is 248 cm³/mol. The van der Waals surface area contributed by atoms with Crippen molar-refractivity contribution in [3.05, 3.63) is 129 Å². The molecule has 0 aliphatic rings. The maximum atomic E-state index is 5.93. The van der Waals surface area contributed by atoms with Gasteiger partial charge in [0.1, 0.15) is 0 Å². The molecule has 0 aliphatic carbocycles. The number of benzene rings is 4. The largest absolute Gasteiger partial charge is 0.399 e. The van der Waals surface area contributed by atoms with Crippen LogP contribution in [0.15, 0.2) is 84.9 Å². The molecule has 0 saturated carbocycles. The highest BCUT2D eigenvalue weighted by Crippen LogP contribution is 2.24. The average molecular weight is 757 g/mol. The van der Waals surface area contributed by atoms with Gasteiger partial charge in [-0.05, 0) is 133 Å². The molecular weight excluding hydrogens is 677 g/mol. The van der Waals surface area contributed by atoms with Crippen LogP contribution in [0.1, 0.15) is 200 Å². The van der Waals surface area contributed by atoms with Gasteiger partial charge in [0.2, 0.25) is 0 Å². The smallest absolute Gasteiger partial charge is 0.0314 e. The van der Waals surface area contributed by atoms with Crippen LogP contribution in [0.25, 0.3) is 0 Å². The van der Waals surface area contributed by atoms with Gasteiger partial charge >= 0.3 is 0 Å². The minimum atomic E-state index is 0.846. The monoisotopic (exact) mass is 757 g/mol. The summed E-state index contributed by atoms with van der Waals surface area (Å²) < 4.78 is 0. The summed E-state index contributed by atoms with van der Waals surface area (Å²) in [5, 5.41) is 0. The summed E-state index contributed by atoms with van der Waals surface area (Å²) in [5.41, 5.74) is 25.5. The Balaban J connectivity index is 1.01. The second kappa shape index (κ2) is 28.0. The fourth-order valence-electron chi connectivity index (χ4n) is 8.45. The maximum Gasteiger partial charge on any atom is 0.0314 e. The Labute approximate surface area is 344 Å². The summed E-state index contributed by atoms with van der Waals surface area (Å²) >= 11 is 0. The highest BCUT2D eigenvalue weighted by Gasteiger charge is 2.09. The molecule has 4 N–H and O–H groups in total. The lowest BCUT2D eigenvalue weighted by Crippen LogP contribution is -1.99. The first-order chi connectivity index (χ1) is 27.5. The van der Waals surface area contributed by atoms with Crippen molar-refractivity contribution in [1.82, 2.24) is 0 Å². The molecule has 0 radical (unpaired) electrons. The van der Waals surface area contributed by atoms with E-state index in [-0.39, 0.29) is 0 Å². The standard InChI is InChI=1S/C54H80N2/c1-3-5-7-23-27-49-41-45(29-35-51(49)43-47-31-37-53(55)38-32-47)25-21-19-17-15-13-11-9-10-12-14-16-18-20-22-26-46-30-36-52(44-48-33-39-54(56)40-34-48)50(42-46)28-24-8-6-4-2/h29-42H,3-28,43-44,55-56H2,1-2H3. The van der Waals surface area contributed by atoms with Crippen molar-refractivity contribution in [3.63, 3.8) is 0 Å². The molecule has 0 aliphatic heterocycles. The van der Waals surface area contributed by atoms with Gasteiger partial charge in [0.25, 0.3) is 0 Å². The van der Waals surface area contributed by atoms with Crippen LogP contribution in [-0.4, -0.2) is 0 Å². The van der Waals surface area contributed by atoms with E-state index in [4.69, 9.17) is 11.5 Å². The predicted octanol–water partition coefficient (Wildman–Crippen LogP) is 15.5. The van der Waals surface area contributed by atoms with E-state index in [0.29, 0.717) is 0 Å². The Kier molecular flexibility index (Phi) is 22.6. The summed E-state index contributed by atoms with van der Waals surface area (Å²) in [4.78, 5) is 0. The first-order valence-corrected chi connectivity index (χ1v) is 23.4. The number of aryl methyl sites for hydroxylation is 4. The number of nitrogens with two attached hydrogens (primary N) is 2. The van der Waals surface area contributed by atoms with E-state index in [1.165, 1.54) is 200 Å². The zero-order valence-corrected chi connectivity index (χ0v) is 36.0. The van der Waals surface area contributed by atoms with Gasteiger partial charge in [0.05, 0.1) is 0 Å². The lowest BCUT2D eigenvalue weighted by molar-refractivity contribution is 0.533. The van der Waals surface area contributed by atoms with Crippen LogP contribution in [-0.2, 0) is 38.5 Å². The normalized spacial score (nSPS) is 11.4. The van der Waals surface area contributed by atoms with E-state index in [1.807, 2.05) is 24.3 Å². The molecule has 4 rings (SSSR count).